The molecule has 0 spiro atoms. The first-order valence-electron chi connectivity index (χ1n) is 33.6. The first kappa shape index (κ1) is 57.4. The van der Waals surface area contributed by atoms with Gasteiger partial charge in [-0.3, -0.25) is 29.7 Å². The van der Waals surface area contributed by atoms with E-state index in [0.29, 0.717) is 77.0 Å². The second-order valence-corrected chi connectivity index (χ2v) is 28.6. The number of halogens is 6. The third-order valence-corrected chi connectivity index (χ3v) is 24.5. The summed E-state index contributed by atoms with van der Waals surface area (Å²) in [7, 11) is 2.07. The Morgan fingerprint density at radius 1 is 0.333 bits per heavy atom. The summed E-state index contributed by atoms with van der Waals surface area (Å²) in [5, 5.41) is 5.68. The molecule has 9 fully saturated rings. The van der Waals surface area contributed by atoms with E-state index in [4.69, 9.17) is 0 Å². The Morgan fingerprint density at radius 3 is 0.963 bits per heavy atom. The summed E-state index contributed by atoms with van der Waals surface area (Å²) in [5.74, 6) is -0.317. The highest BCUT2D eigenvalue weighted by atomic mass is 19.2. The number of hydrogen-bond donors (Lipinski definition) is 6. The van der Waals surface area contributed by atoms with Crippen molar-refractivity contribution in [2.75, 3.05) is 20.1 Å². The molecule has 7 aliphatic heterocycles. The number of allylic oxidation sites excluding steroid dienone is 3. The molecule has 3 saturated heterocycles. The molecule has 13 aliphatic rings. The van der Waals surface area contributed by atoms with Crippen molar-refractivity contribution in [1.29, 1.82) is 0 Å². The van der Waals surface area contributed by atoms with Crippen molar-refractivity contribution in [2.24, 2.45) is 53.3 Å². The molecule has 6 aliphatic carbocycles. The highest BCUT2D eigenvalue weighted by Gasteiger charge is 2.61. The third kappa shape index (κ3) is 10.9. The number of unbranched alkanes of at least 4 members (excludes halogenated alkanes) is 14. The number of rotatable bonds is 18. The van der Waals surface area contributed by atoms with Crippen molar-refractivity contribution in [1.82, 2.24) is 62.6 Å². The van der Waals surface area contributed by atoms with E-state index in [9.17, 15) is 0 Å². The molecule has 0 aromatic carbocycles. The van der Waals surface area contributed by atoms with Crippen LogP contribution in [0.1, 0.15) is 194 Å². The van der Waals surface area contributed by atoms with Crippen molar-refractivity contribution < 1.29 is 26.3 Å². The molecule has 24 unspecified atom stereocenters. The molecule has 12 nitrogen and oxygen atoms in total. The van der Waals surface area contributed by atoms with E-state index < -0.39 is 72.9 Å². The maximum atomic E-state index is 17.3. The van der Waals surface area contributed by atoms with Crippen LogP contribution in [-0.4, -0.2) is 141 Å². The largest absolute Gasteiger partial charge is 0.306 e. The lowest BCUT2D eigenvalue weighted by molar-refractivity contribution is 0.0197. The molecule has 0 aromatic rings. The van der Waals surface area contributed by atoms with Crippen LogP contribution in [0, 0.1) is 53.3 Å². The van der Waals surface area contributed by atoms with Gasteiger partial charge in [-0.1, -0.05) is 104 Å². The second kappa shape index (κ2) is 24.6. The van der Waals surface area contributed by atoms with E-state index in [1.807, 2.05) is 33.6 Å². The molecule has 18 bridgehead atoms. The van der Waals surface area contributed by atoms with Gasteiger partial charge < -0.3 is 16.3 Å². The van der Waals surface area contributed by atoms with Crippen LogP contribution in [0.5, 0.6) is 0 Å². The average Bonchev–Trinajstić information content (AvgIpc) is 4.54. The Bertz CT molecular complexity index is 2210. The van der Waals surface area contributed by atoms with E-state index in [0.717, 1.165) is 55.9 Å². The first-order chi connectivity index (χ1) is 39.5. The topological polar surface area (TPSA) is 91.6 Å². The molecule has 6 N–H and O–H groups in total. The minimum absolute atomic E-state index is 0.00130. The van der Waals surface area contributed by atoms with Crippen molar-refractivity contribution in [3.8, 4) is 0 Å². The van der Waals surface area contributed by atoms with Crippen LogP contribution in [0.25, 0.3) is 0 Å². The van der Waals surface area contributed by atoms with Gasteiger partial charge in [0.05, 0.1) is 35.2 Å². The fourth-order valence-corrected chi connectivity index (χ4v) is 20.4. The smallest absolute Gasteiger partial charge is 0.123 e. The number of hydrazine groups is 6. The van der Waals surface area contributed by atoms with Crippen LogP contribution < -0.4 is 32.9 Å². The van der Waals surface area contributed by atoms with Crippen molar-refractivity contribution in [3.63, 3.8) is 0 Å². The fourth-order valence-electron chi connectivity index (χ4n) is 20.4. The van der Waals surface area contributed by atoms with Crippen LogP contribution in [-0.2, 0) is 0 Å². The van der Waals surface area contributed by atoms with Crippen LogP contribution in [0.3, 0.4) is 0 Å². The van der Waals surface area contributed by atoms with Crippen molar-refractivity contribution in [2.45, 2.75) is 285 Å². The van der Waals surface area contributed by atoms with Gasteiger partial charge in [0.15, 0.2) is 0 Å². The summed E-state index contributed by atoms with van der Waals surface area (Å²) >= 11 is 0. The molecule has 24 atom stereocenters. The van der Waals surface area contributed by atoms with Crippen LogP contribution in [0.15, 0.2) is 35.7 Å². The van der Waals surface area contributed by atoms with E-state index in [1.165, 1.54) is 77.0 Å². The van der Waals surface area contributed by atoms with Gasteiger partial charge in [0.25, 0.3) is 0 Å². The standard InChI is InChI=1S/C63H102F6N12/c1-4-6-8-10-12-14-16-18-20-77-57-29-47(65)44-23-38(57)42-27-63(51(69)33-60(42)77)81-36-54(72-75-81)45-24-39-41-26-62(50(68)32-59(41)78(58(39)30-48(45)66)21-19-17-15-13-11-9-7-5-2)80-34-52(70-74-80)43-22-37-40-25-61(79-35-53(44)71-73-79)49(67)31-56(40)76(3)55(37)28-46(43)64/h34-51,55-63,70-75H,4-33H2,1-3H3. The van der Waals surface area contributed by atoms with E-state index in [2.05, 4.69) is 68.5 Å². The summed E-state index contributed by atoms with van der Waals surface area (Å²) in [6.07, 6.45) is 24.4. The zero-order valence-electron chi connectivity index (χ0n) is 49.3. The number of nitrogens with one attached hydrogen (secondary N) is 6. The molecule has 18 heteroatoms. The Balaban J connectivity index is 0.797. The van der Waals surface area contributed by atoms with Crippen LogP contribution >= 0.6 is 0 Å². The van der Waals surface area contributed by atoms with Gasteiger partial charge >= 0.3 is 0 Å². The maximum Gasteiger partial charge on any atom is 0.123 e. The van der Waals surface area contributed by atoms with Crippen molar-refractivity contribution >= 4 is 0 Å². The molecular formula is C63H102F6N12. The normalized spacial score (nSPS) is 45.3. The Labute approximate surface area is 481 Å². The number of alkyl halides is 6. The van der Waals surface area contributed by atoms with Gasteiger partial charge in [-0.05, 0) is 146 Å². The summed E-state index contributed by atoms with van der Waals surface area (Å²) in [6, 6.07) is -1.34. The number of hydrogen-bond acceptors (Lipinski definition) is 12. The monoisotopic (exact) mass is 1140 g/mol. The minimum atomic E-state index is -1.14. The highest BCUT2D eigenvalue weighted by Crippen LogP contribution is 2.57. The molecule has 81 heavy (non-hydrogen) atoms. The average molecular weight is 1140 g/mol. The lowest BCUT2D eigenvalue weighted by Gasteiger charge is -2.42. The van der Waals surface area contributed by atoms with E-state index >= 15 is 26.3 Å². The van der Waals surface area contributed by atoms with Gasteiger partial charge in [0.1, 0.15) is 37.0 Å². The van der Waals surface area contributed by atoms with Gasteiger partial charge in [-0.2, -0.15) is 0 Å². The molecule has 13 rings (SSSR count). The Morgan fingerprint density at radius 2 is 0.605 bits per heavy atom. The van der Waals surface area contributed by atoms with E-state index in [-0.39, 0.29) is 71.8 Å². The quantitative estimate of drug-likeness (QED) is 0.0584. The highest BCUT2D eigenvalue weighted by molar-refractivity contribution is 5.22. The summed E-state index contributed by atoms with van der Waals surface area (Å²) in [6.45, 7) is 6.21. The molecular weight excluding hydrogens is 1040 g/mol. The lowest BCUT2D eigenvalue weighted by atomic mass is 9.67. The molecule has 0 amide bonds. The Kier molecular flexibility index (Phi) is 17.5. The molecule has 7 heterocycles. The van der Waals surface area contributed by atoms with Crippen LogP contribution in [0.2, 0.25) is 0 Å². The minimum Gasteiger partial charge on any atom is -0.306 e. The molecule has 6 saturated carbocycles. The maximum absolute atomic E-state index is 17.3. The number of likely N-dealkylation sites (tertiary alicyclic amines) is 3. The van der Waals surface area contributed by atoms with Gasteiger partial charge in [-0.15, -0.1) is 16.6 Å². The lowest BCUT2D eigenvalue weighted by Crippen LogP contribution is -2.54. The number of fused-ring (bicyclic) bond motifs is 15. The van der Waals surface area contributed by atoms with Gasteiger partial charge in [-0.25, -0.2) is 26.3 Å². The predicted molar refractivity (Wildman–Crippen MR) is 305 cm³/mol. The number of nitrogens with zero attached hydrogens (tertiary/aromatic N) is 6. The van der Waals surface area contributed by atoms with Crippen LogP contribution in [0.4, 0.5) is 26.3 Å². The first-order valence-corrected chi connectivity index (χ1v) is 33.6. The van der Waals surface area contributed by atoms with Gasteiger partial charge in [0, 0.05) is 72.6 Å². The molecule has 0 aromatic heterocycles. The Hall–Kier alpha value is -2.64. The second-order valence-electron chi connectivity index (χ2n) is 28.6. The third-order valence-electron chi connectivity index (χ3n) is 24.5. The van der Waals surface area contributed by atoms with Gasteiger partial charge in [0.2, 0.25) is 0 Å². The zero-order chi connectivity index (χ0) is 55.6. The molecule has 456 valence electrons. The SMILES string of the molecule is CCCCCCCCCCN1C2CC(F)C3CC2C2CC(C(F)CC21)N1C=C(NN1)C1CC2C4CC(C(F)CC4N(C)C2CC1F)N1C=C(NN1)C1CC2C4CC(C(F)CC4N(CCCCCCCCCC)C2CC1F)N1C=C3NN1. The predicted octanol–water partition coefficient (Wildman–Crippen LogP) is 11.0. The fraction of sp³-hybridized carbons (Fsp3) is 0.905. The summed E-state index contributed by atoms with van der Waals surface area (Å²) < 4.78 is 103. The molecule has 0 radical (unpaired) electrons. The summed E-state index contributed by atoms with van der Waals surface area (Å²) in [4.78, 5) is 7.36. The zero-order valence-corrected chi connectivity index (χ0v) is 49.3. The van der Waals surface area contributed by atoms with E-state index in [1.54, 1.807) is 0 Å². The summed E-state index contributed by atoms with van der Waals surface area (Å²) in [5.41, 5.74) is 22.4. The van der Waals surface area contributed by atoms with Crippen molar-refractivity contribution in [3.05, 3.63) is 35.7 Å².